The summed E-state index contributed by atoms with van der Waals surface area (Å²) < 4.78 is 0. The Labute approximate surface area is 133 Å². The molecule has 23 heavy (non-hydrogen) atoms. The summed E-state index contributed by atoms with van der Waals surface area (Å²) in [6.07, 6.45) is 4.05. The molecule has 3 rings (SSSR count). The normalized spacial score (nSPS) is 12.0. The summed E-state index contributed by atoms with van der Waals surface area (Å²) in [5, 5.41) is 6.20. The van der Waals surface area contributed by atoms with Crippen molar-refractivity contribution in [3.63, 3.8) is 0 Å². The van der Waals surface area contributed by atoms with Crippen LogP contribution in [0.5, 0.6) is 0 Å². The molecule has 1 aromatic heterocycles. The van der Waals surface area contributed by atoms with Crippen LogP contribution >= 0.6 is 0 Å². The first-order valence-electron chi connectivity index (χ1n) is 7.52. The van der Waals surface area contributed by atoms with E-state index in [1.165, 1.54) is 0 Å². The molecular formula is C18H17N3O2. The average Bonchev–Trinajstić information content (AvgIpc) is 2.62. The van der Waals surface area contributed by atoms with Gasteiger partial charge in [0.25, 0.3) is 10.9 Å². The number of anilines is 3. The van der Waals surface area contributed by atoms with E-state index in [1.807, 2.05) is 37.3 Å². The number of pyridine rings is 1. The molecule has 2 aromatic carbocycles. The monoisotopic (exact) mass is 307 g/mol. The predicted molar refractivity (Wildman–Crippen MR) is 92.0 cm³/mol. The lowest BCUT2D eigenvalue weighted by Gasteiger charge is -2.22. The minimum absolute atomic E-state index is 0.0162. The van der Waals surface area contributed by atoms with Gasteiger partial charge in [-0.2, -0.15) is 0 Å². The Morgan fingerprint density at radius 3 is 2.26 bits per heavy atom. The third-order valence-electron chi connectivity index (χ3n) is 3.79. The van der Waals surface area contributed by atoms with E-state index in [-0.39, 0.29) is 6.04 Å². The fraction of sp³-hybridized carbons (Fsp3) is 0.167. The van der Waals surface area contributed by atoms with Crippen LogP contribution in [-0.4, -0.2) is 4.98 Å². The molecule has 3 aromatic rings. The van der Waals surface area contributed by atoms with Gasteiger partial charge in [-0.05, 0) is 24.1 Å². The van der Waals surface area contributed by atoms with Crippen LogP contribution in [0, 0.1) is 0 Å². The Balaban J connectivity index is 1.85. The van der Waals surface area contributed by atoms with Gasteiger partial charge in [-0.25, -0.2) is 0 Å². The topological polar surface area (TPSA) is 71.1 Å². The summed E-state index contributed by atoms with van der Waals surface area (Å²) >= 11 is 0. The minimum atomic E-state index is -0.493. The van der Waals surface area contributed by atoms with Crippen molar-refractivity contribution in [2.45, 2.75) is 19.4 Å². The summed E-state index contributed by atoms with van der Waals surface area (Å²) in [4.78, 5) is 27.7. The second kappa shape index (κ2) is 6.44. The maximum absolute atomic E-state index is 11.9. The minimum Gasteiger partial charge on any atom is -0.373 e. The van der Waals surface area contributed by atoms with Crippen LogP contribution in [0.15, 0.2) is 64.4 Å². The summed E-state index contributed by atoms with van der Waals surface area (Å²) in [6.45, 7) is 2.03. The van der Waals surface area contributed by atoms with Crippen molar-refractivity contribution in [1.29, 1.82) is 0 Å². The van der Waals surface area contributed by atoms with Crippen molar-refractivity contribution in [3.05, 3.63) is 80.9 Å². The molecule has 0 saturated heterocycles. The standard InChI is InChI=1S/C18H17N3O2/c1-2-14(12-6-4-3-5-7-12)21-16-15(17(22)18(16)23)20-13-8-10-19-11-9-13/h3-11,14,21H,2H2,1H3,(H,19,20)/t14-/m0/s1. The Morgan fingerprint density at radius 1 is 0.957 bits per heavy atom. The van der Waals surface area contributed by atoms with E-state index < -0.39 is 10.9 Å². The van der Waals surface area contributed by atoms with Gasteiger partial charge < -0.3 is 10.6 Å². The van der Waals surface area contributed by atoms with E-state index in [1.54, 1.807) is 24.5 Å². The Bertz CT molecular complexity index is 853. The Kier molecular flexibility index (Phi) is 4.19. The van der Waals surface area contributed by atoms with Crippen molar-refractivity contribution in [2.24, 2.45) is 0 Å². The third-order valence-corrected chi connectivity index (χ3v) is 3.79. The lowest BCUT2D eigenvalue weighted by atomic mass is 10.0. The van der Waals surface area contributed by atoms with E-state index in [9.17, 15) is 9.59 Å². The van der Waals surface area contributed by atoms with Gasteiger partial charge in [0, 0.05) is 18.1 Å². The Hall–Kier alpha value is -2.95. The molecule has 5 nitrogen and oxygen atoms in total. The zero-order chi connectivity index (χ0) is 16.2. The van der Waals surface area contributed by atoms with Crippen LogP contribution in [0.25, 0.3) is 0 Å². The smallest absolute Gasteiger partial charge is 0.253 e. The van der Waals surface area contributed by atoms with Gasteiger partial charge in [0.2, 0.25) is 0 Å². The average molecular weight is 307 g/mol. The van der Waals surface area contributed by atoms with Gasteiger partial charge in [0.1, 0.15) is 11.4 Å². The molecule has 0 aliphatic carbocycles. The predicted octanol–water partition coefficient (Wildman–Crippen LogP) is 2.98. The molecule has 1 atom stereocenters. The molecule has 0 unspecified atom stereocenters. The number of hydrogen-bond donors (Lipinski definition) is 2. The van der Waals surface area contributed by atoms with Gasteiger partial charge in [-0.15, -0.1) is 0 Å². The van der Waals surface area contributed by atoms with Gasteiger partial charge in [0.05, 0.1) is 6.04 Å². The molecule has 0 aliphatic rings. The first-order chi connectivity index (χ1) is 11.2. The van der Waals surface area contributed by atoms with E-state index in [2.05, 4.69) is 15.6 Å². The van der Waals surface area contributed by atoms with Crippen molar-refractivity contribution in [2.75, 3.05) is 10.6 Å². The number of nitrogens with one attached hydrogen (secondary N) is 2. The number of aromatic nitrogens is 1. The number of nitrogens with zero attached hydrogens (tertiary/aromatic N) is 1. The molecule has 0 amide bonds. The molecule has 0 radical (unpaired) electrons. The Morgan fingerprint density at radius 2 is 1.61 bits per heavy atom. The van der Waals surface area contributed by atoms with Crippen LogP contribution in [0.1, 0.15) is 24.9 Å². The number of benzene rings is 1. The van der Waals surface area contributed by atoms with Crippen molar-refractivity contribution >= 4 is 17.1 Å². The van der Waals surface area contributed by atoms with Crippen molar-refractivity contribution < 1.29 is 0 Å². The van der Waals surface area contributed by atoms with Gasteiger partial charge in [-0.3, -0.25) is 14.6 Å². The molecule has 5 heteroatoms. The first kappa shape index (κ1) is 15.0. The molecule has 0 fully saturated rings. The van der Waals surface area contributed by atoms with E-state index >= 15 is 0 Å². The number of hydrogen-bond acceptors (Lipinski definition) is 5. The van der Waals surface area contributed by atoms with Crippen LogP contribution < -0.4 is 21.5 Å². The quantitative estimate of drug-likeness (QED) is 0.685. The van der Waals surface area contributed by atoms with E-state index in [4.69, 9.17) is 0 Å². The largest absolute Gasteiger partial charge is 0.373 e. The van der Waals surface area contributed by atoms with Crippen LogP contribution in [-0.2, 0) is 0 Å². The molecule has 0 spiro atoms. The fourth-order valence-electron chi connectivity index (χ4n) is 2.51. The zero-order valence-electron chi connectivity index (χ0n) is 12.7. The lowest BCUT2D eigenvalue weighted by molar-refractivity contribution is 0.747. The van der Waals surface area contributed by atoms with E-state index in [0.717, 1.165) is 17.7 Å². The molecule has 0 aliphatic heterocycles. The second-order valence-corrected chi connectivity index (χ2v) is 5.28. The number of rotatable bonds is 6. The molecule has 0 saturated carbocycles. The highest BCUT2D eigenvalue weighted by Gasteiger charge is 2.23. The molecule has 116 valence electrons. The maximum atomic E-state index is 11.9. The molecule has 2 N–H and O–H groups in total. The zero-order valence-corrected chi connectivity index (χ0v) is 12.7. The van der Waals surface area contributed by atoms with Crippen molar-refractivity contribution in [1.82, 2.24) is 4.98 Å². The SMILES string of the molecule is CC[C@H](Nc1c(Nc2ccncc2)c(=O)c1=O)c1ccccc1. The summed E-state index contributed by atoms with van der Waals surface area (Å²) in [7, 11) is 0. The lowest BCUT2D eigenvalue weighted by Crippen LogP contribution is -2.37. The first-order valence-corrected chi connectivity index (χ1v) is 7.52. The summed E-state index contributed by atoms with van der Waals surface area (Å²) in [6, 6.07) is 13.3. The highest BCUT2D eigenvalue weighted by Crippen LogP contribution is 2.26. The molecule has 1 heterocycles. The third kappa shape index (κ3) is 2.99. The summed E-state index contributed by atoms with van der Waals surface area (Å²) in [5.41, 5.74) is 1.50. The molecule has 0 bridgehead atoms. The highest BCUT2D eigenvalue weighted by atomic mass is 16.2. The van der Waals surface area contributed by atoms with Gasteiger partial charge in [-0.1, -0.05) is 37.3 Å². The molecular weight excluding hydrogens is 290 g/mol. The van der Waals surface area contributed by atoms with Crippen LogP contribution in [0.3, 0.4) is 0 Å². The maximum Gasteiger partial charge on any atom is 0.253 e. The highest BCUT2D eigenvalue weighted by molar-refractivity contribution is 5.78. The van der Waals surface area contributed by atoms with Crippen LogP contribution in [0.4, 0.5) is 17.1 Å². The van der Waals surface area contributed by atoms with Crippen molar-refractivity contribution in [3.8, 4) is 0 Å². The second-order valence-electron chi connectivity index (χ2n) is 5.28. The fourth-order valence-corrected chi connectivity index (χ4v) is 2.51. The summed E-state index contributed by atoms with van der Waals surface area (Å²) in [5.74, 6) is 0. The van der Waals surface area contributed by atoms with Crippen LogP contribution in [0.2, 0.25) is 0 Å². The van der Waals surface area contributed by atoms with E-state index in [0.29, 0.717) is 11.4 Å². The van der Waals surface area contributed by atoms with Gasteiger partial charge in [0.15, 0.2) is 0 Å². The van der Waals surface area contributed by atoms with Gasteiger partial charge >= 0.3 is 0 Å².